The molecule has 0 spiro atoms. The smallest absolute Gasteiger partial charge is 0.268 e. The highest BCUT2D eigenvalue weighted by Crippen LogP contribution is 2.39. The fraction of sp³-hybridized carbons (Fsp3) is 0.0870. The van der Waals surface area contributed by atoms with Crippen LogP contribution in [0.3, 0.4) is 0 Å². The molecule has 4 aromatic rings. The number of hydrogen-bond donors (Lipinski definition) is 0. The molecule has 0 aliphatic rings. The van der Waals surface area contributed by atoms with Crippen molar-refractivity contribution in [2.75, 3.05) is 6.26 Å². The van der Waals surface area contributed by atoms with E-state index in [1.807, 2.05) is 13.2 Å². The Kier molecular flexibility index (Phi) is 5.29. The second kappa shape index (κ2) is 7.90. The minimum atomic E-state index is -3.71. The molecule has 0 amide bonds. The number of aryl methyl sites for hydroxylation is 1. The van der Waals surface area contributed by atoms with Crippen molar-refractivity contribution in [3.8, 4) is 17.6 Å². The fourth-order valence-corrected chi connectivity index (χ4v) is 5.28. The average molecular weight is 435 g/mol. The Morgan fingerprint density at radius 3 is 2.50 bits per heavy atom. The third kappa shape index (κ3) is 3.56. The average Bonchev–Trinajstić information content (AvgIpc) is 3.19. The molecule has 0 saturated carbocycles. The lowest BCUT2D eigenvalue weighted by molar-refractivity contribution is 0.472. The summed E-state index contributed by atoms with van der Waals surface area (Å²) in [5.41, 5.74) is 2.09. The van der Waals surface area contributed by atoms with E-state index in [4.69, 9.17) is 10.00 Å². The Hall–Kier alpha value is -3.21. The largest absolute Gasteiger partial charge is 0.456 e. The van der Waals surface area contributed by atoms with E-state index in [1.54, 1.807) is 72.9 Å². The monoisotopic (exact) mass is 434 g/mol. The number of nitrogens with zero attached hydrogens (tertiary/aromatic N) is 2. The van der Waals surface area contributed by atoms with E-state index in [2.05, 4.69) is 6.07 Å². The van der Waals surface area contributed by atoms with Gasteiger partial charge < -0.3 is 4.74 Å². The first-order valence-corrected chi connectivity index (χ1v) is 11.8. The van der Waals surface area contributed by atoms with Gasteiger partial charge in [-0.15, -0.1) is 11.8 Å². The van der Waals surface area contributed by atoms with Crippen molar-refractivity contribution < 1.29 is 13.2 Å². The van der Waals surface area contributed by atoms with Crippen molar-refractivity contribution in [2.24, 2.45) is 0 Å². The van der Waals surface area contributed by atoms with Gasteiger partial charge in [0.1, 0.15) is 11.5 Å². The lowest BCUT2D eigenvalue weighted by Gasteiger charge is -2.13. The highest BCUT2D eigenvalue weighted by molar-refractivity contribution is 7.99. The topological polar surface area (TPSA) is 72.1 Å². The minimum absolute atomic E-state index is 0.241. The van der Waals surface area contributed by atoms with Gasteiger partial charge in [0.2, 0.25) is 0 Å². The van der Waals surface area contributed by atoms with Crippen molar-refractivity contribution in [1.82, 2.24) is 3.97 Å². The highest BCUT2D eigenvalue weighted by atomic mass is 32.2. The molecular weight excluding hydrogens is 416 g/mol. The molecule has 0 bridgehead atoms. The van der Waals surface area contributed by atoms with Gasteiger partial charge in [0.05, 0.1) is 26.9 Å². The molecule has 3 aromatic carbocycles. The molecule has 7 heteroatoms. The third-order valence-electron chi connectivity index (χ3n) is 4.72. The van der Waals surface area contributed by atoms with Crippen LogP contribution in [0.1, 0.15) is 11.1 Å². The number of benzene rings is 3. The highest BCUT2D eigenvalue weighted by Gasteiger charge is 2.21. The van der Waals surface area contributed by atoms with Crippen LogP contribution in [-0.2, 0) is 10.0 Å². The van der Waals surface area contributed by atoms with Crippen LogP contribution in [-0.4, -0.2) is 18.6 Å². The summed E-state index contributed by atoms with van der Waals surface area (Å²) in [6.45, 7) is 1.92. The van der Waals surface area contributed by atoms with E-state index in [0.717, 1.165) is 15.8 Å². The van der Waals surface area contributed by atoms with E-state index in [0.29, 0.717) is 22.6 Å². The molecular formula is C23H18N2O3S2. The molecule has 1 heterocycles. The molecule has 5 nitrogen and oxygen atoms in total. The third-order valence-corrected chi connectivity index (χ3v) is 7.26. The summed E-state index contributed by atoms with van der Waals surface area (Å²) in [6.07, 6.45) is 3.48. The summed E-state index contributed by atoms with van der Waals surface area (Å²) in [7, 11) is -3.71. The summed E-state index contributed by atoms with van der Waals surface area (Å²) in [5.74, 6) is 1.16. The number of fused-ring (bicyclic) bond motifs is 1. The van der Waals surface area contributed by atoms with Crippen molar-refractivity contribution >= 4 is 32.7 Å². The van der Waals surface area contributed by atoms with Crippen LogP contribution in [0, 0.1) is 18.3 Å². The lowest BCUT2D eigenvalue weighted by atomic mass is 10.2. The van der Waals surface area contributed by atoms with Crippen LogP contribution in [0.25, 0.3) is 10.9 Å². The van der Waals surface area contributed by atoms with Crippen LogP contribution >= 0.6 is 11.8 Å². The molecule has 0 radical (unpaired) electrons. The van der Waals surface area contributed by atoms with E-state index >= 15 is 0 Å². The summed E-state index contributed by atoms with van der Waals surface area (Å²) in [4.78, 5) is 1.07. The van der Waals surface area contributed by atoms with Gasteiger partial charge in [0, 0.05) is 11.6 Å². The summed E-state index contributed by atoms with van der Waals surface area (Å²) < 4.78 is 33.6. The molecule has 0 unspecified atom stereocenters. The molecule has 0 fully saturated rings. The predicted octanol–water partition coefficient (Wildman–Crippen LogP) is 5.57. The van der Waals surface area contributed by atoms with E-state index < -0.39 is 10.0 Å². The van der Waals surface area contributed by atoms with E-state index in [-0.39, 0.29) is 4.90 Å². The van der Waals surface area contributed by atoms with Crippen molar-refractivity contribution in [3.63, 3.8) is 0 Å². The standard InChI is InChI=1S/C23H18N2O3S2/c1-16-6-8-19(9-7-16)30(26,27)25-13-12-20-21(25)10-11-22(23(20)29-2)28-18-5-3-4-17(14-18)15-24/h3-14H,1-2H3. The van der Waals surface area contributed by atoms with E-state index in [1.165, 1.54) is 15.7 Å². The minimum Gasteiger partial charge on any atom is -0.456 e. The molecule has 150 valence electrons. The summed E-state index contributed by atoms with van der Waals surface area (Å²) >= 11 is 1.48. The van der Waals surface area contributed by atoms with Gasteiger partial charge >= 0.3 is 0 Å². The molecule has 0 aliphatic carbocycles. The quantitative estimate of drug-likeness (QED) is 0.384. The maximum atomic E-state index is 13.2. The number of ether oxygens (including phenoxy) is 1. The zero-order valence-corrected chi connectivity index (χ0v) is 18.0. The molecule has 4 rings (SSSR count). The zero-order chi connectivity index (χ0) is 21.3. The normalized spacial score (nSPS) is 11.4. The van der Waals surface area contributed by atoms with Gasteiger partial charge in [-0.3, -0.25) is 0 Å². The van der Waals surface area contributed by atoms with Crippen LogP contribution < -0.4 is 4.74 Å². The molecule has 30 heavy (non-hydrogen) atoms. The first kappa shape index (κ1) is 20.1. The first-order valence-electron chi connectivity index (χ1n) is 9.12. The Bertz CT molecular complexity index is 1380. The lowest BCUT2D eigenvalue weighted by Crippen LogP contribution is -2.11. The number of rotatable bonds is 5. The van der Waals surface area contributed by atoms with Gasteiger partial charge in [0.15, 0.2) is 0 Å². The number of thioether (sulfide) groups is 1. The van der Waals surface area contributed by atoms with Crippen molar-refractivity contribution in [1.29, 1.82) is 5.26 Å². The van der Waals surface area contributed by atoms with Gasteiger partial charge in [0.25, 0.3) is 10.0 Å². The van der Waals surface area contributed by atoms with Gasteiger partial charge in [-0.1, -0.05) is 23.8 Å². The SMILES string of the molecule is CSc1c(Oc2cccc(C#N)c2)ccc2c1ccn2S(=O)(=O)c1ccc(C)cc1. The zero-order valence-electron chi connectivity index (χ0n) is 16.4. The Morgan fingerprint density at radius 1 is 1.03 bits per heavy atom. The Labute approximate surface area is 179 Å². The van der Waals surface area contributed by atoms with Gasteiger partial charge in [-0.2, -0.15) is 5.26 Å². The van der Waals surface area contributed by atoms with Gasteiger partial charge in [-0.05, 0) is 61.7 Å². The van der Waals surface area contributed by atoms with Crippen LogP contribution in [0.5, 0.6) is 11.5 Å². The molecule has 0 atom stereocenters. The van der Waals surface area contributed by atoms with Crippen LogP contribution in [0.4, 0.5) is 0 Å². The van der Waals surface area contributed by atoms with Gasteiger partial charge in [-0.25, -0.2) is 12.4 Å². The second-order valence-corrected chi connectivity index (χ2v) is 9.33. The summed E-state index contributed by atoms with van der Waals surface area (Å²) in [6, 6.07) is 21.1. The fourth-order valence-electron chi connectivity index (χ4n) is 3.23. The number of nitriles is 1. The van der Waals surface area contributed by atoms with Crippen molar-refractivity contribution in [2.45, 2.75) is 16.7 Å². The Morgan fingerprint density at radius 2 is 1.80 bits per heavy atom. The van der Waals surface area contributed by atoms with Crippen molar-refractivity contribution in [3.05, 3.63) is 84.1 Å². The Balaban J connectivity index is 1.79. The molecule has 0 N–H and O–H groups in total. The van der Waals surface area contributed by atoms with E-state index in [9.17, 15) is 8.42 Å². The second-order valence-electron chi connectivity index (χ2n) is 6.70. The molecule has 0 saturated heterocycles. The molecule has 0 aliphatic heterocycles. The molecule has 1 aromatic heterocycles. The number of hydrogen-bond acceptors (Lipinski definition) is 5. The van der Waals surface area contributed by atoms with Crippen LogP contribution in [0.15, 0.2) is 82.7 Å². The van der Waals surface area contributed by atoms with Crippen LogP contribution in [0.2, 0.25) is 0 Å². The first-order chi connectivity index (χ1) is 14.4. The maximum Gasteiger partial charge on any atom is 0.268 e. The maximum absolute atomic E-state index is 13.2. The summed E-state index contributed by atoms with van der Waals surface area (Å²) in [5, 5.41) is 9.87. The predicted molar refractivity (Wildman–Crippen MR) is 119 cm³/mol. The number of aromatic nitrogens is 1.